The van der Waals surface area contributed by atoms with Crippen molar-refractivity contribution in [1.82, 2.24) is 15.5 Å². The Hall–Kier alpha value is -1.79. The quantitative estimate of drug-likeness (QED) is 0.463. The number of aliphatic imine (C=N–C) groups is 1. The average Bonchev–Trinajstić information content (AvgIpc) is 3.24. The van der Waals surface area contributed by atoms with E-state index in [1.165, 1.54) is 38.0 Å². The van der Waals surface area contributed by atoms with Crippen LogP contribution in [0, 0.1) is 18.8 Å². The fourth-order valence-corrected chi connectivity index (χ4v) is 4.43. The molecule has 2 heterocycles. The Labute approximate surface area is 188 Å². The van der Waals surface area contributed by atoms with Crippen molar-refractivity contribution in [3.05, 3.63) is 29.3 Å². The average molecular weight is 431 g/mol. The van der Waals surface area contributed by atoms with Crippen molar-refractivity contribution in [2.75, 3.05) is 45.9 Å². The summed E-state index contributed by atoms with van der Waals surface area (Å²) in [4.78, 5) is 7.49. The molecule has 3 rings (SSSR count). The van der Waals surface area contributed by atoms with E-state index in [2.05, 4.69) is 61.4 Å². The molecule has 0 aromatic heterocycles. The molecular weight excluding hydrogens is 388 g/mol. The van der Waals surface area contributed by atoms with Crippen LogP contribution in [0.5, 0.6) is 5.75 Å². The highest BCUT2D eigenvalue weighted by Gasteiger charge is 2.21. The van der Waals surface area contributed by atoms with Crippen molar-refractivity contribution in [2.45, 2.75) is 59.6 Å². The molecule has 2 N–H and O–H groups in total. The molecule has 2 aliphatic heterocycles. The van der Waals surface area contributed by atoms with Crippen LogP contribution < -0.4 is 15.4 Å². The first kappa shape index (κ1) is 23.9. The van der Waals surface area contributed by atoms with Gasteiger partial charge in [-0.05, 0) is 56.7 Å². The summed E-state index contributed by atoms with van der Waals surface area (Å²) in [5.41, 5.74) is 2.32. The highest BCUT2D eigenvalue weighted by Crippen LogP contribution is 2.24. The summed E-state index contributed by atoms with van der Waals surface area (Å²) in [6.07, 6.45) is 3.69. The second-order valence-corrected chi connectivity index (χ2v) is 9.45. The summed E-state index contributed by atoms with van der Waals surface area (Å²) in [6, 6.07) is 6.39. The zero-order valence-electron chi connectivity index (χ0n) is 20.0. The lowest BCUT2D eigenvalue weighted by Gasteiger charge is -2.34. The van der Waals surface area contributed by atoms with Crippen molar-refractivity contribution >= 4 is 5.96 Å². The normalized spacial score (nSPS) is 22.7. The van der Waals surface area contributed by atoms with Crippen LogP contribution in [0.3, 0.4) is 0 Å². The van der Waals surface area contributed by atoms with Crippen molar-refractivity contribution in [3.63, 3.8) is 0 Å². The van der Waals surface area contributed by atoms with Crippen LogP contribution in [0.15, 0.2) is 23.2 Å². The number of rotatable bonds is 9. The zero-order valence-corrected chi connectivity index (χ0v) is 20.0. The number of hydrogen-bond acceptors (Lipinski definition) is 4. The van der Waals surface area contributed by atoms with Gasteiger partial charge >= 0.3 is 0 Å². The van der Waals surface area contributed by atoms with E-state index in [-0.39, 0.29) is 6.10 Å². The summed E-state index contributed by atoms with van der Waals surface area (Å²) in [7, 11) is 0. The third-order valence-electron chi connectivity index (χ3n) is 5.94. The molecule has 0 amide bonds. The minimum atomic E-state index is 0.149. The summed E-state index contributed by atoms with van der Waals surface area (Å²) in [5.74, 6) is 3.23. The molecule has 2 fully saturated rings. The Morgan fingerprint density at radius 2 is 2.16 bits per heavy atom. The lowest BCUT2D eigenvalue weighted by atomic mass is 9.97. The van der Waals surface area contributed by atoms with Crippen molar-refractivity contribution in [2.24, 2.45) is 16.8 Å². The smallest absolute Gasteiger partial charge is 0.191 e. The lowest BCUT2D eigenvalue weighted by Crippen LogP contribution is -2.45. The molecule has 0 spiro atoms. The summed E-state index contributed by atoms with van der Waals surface area (Å²) in [5, 5.41) is 6.99. The monoisotopic (exact) mass is 430 g/mol. The first-order valence-corrected chi connectivity index (χ1v) is 12.1. The molecule has 0 radical (unpaired) electrons. The van der Waals surface area contributed by atoms with Gasteiger partial charge in [-0.15, -0.1) is 0 Å². The van der Waals surface area contributed by atoms with E-state index >= 15 is 0 Å². The predicted molar refractivity (Wildman–Crippen MR) is 128 cm³/mol. The standard InChI is InChI=1S/C25H42N4O2/c1-5-26-25(27-14-21-7-6-11-29(17-21)16-19(2)3)28-15-22-9-8-20(4)13-24(22)31-23-10-12-30-18-23/h8-9,13,19,21,23H,5-7,10-12,14-18H2,1-4H3,(H2,26,27,28). The van der Waals surface area contributed by atoms with Crippen LogP contribution in [0.1, 0.15) is 51.2 Å². The largest absolute Gasteiger partial charge is 0.488 e. The zero-order chi connectivity index (χ0) is 22.1. The molecule has 31 heavy (non-hydrogen) atoms. The van der Waals surface area contributed by atoms with Gasteiger partial charge in [0.15, 0.2) is 5.96 Å². The summed E-state index contributed by atoms with van der Waals surface area (Å²) in [6.45, 7) is 16.3. The topological polar surface area (TPSA) is 58.1 Å². The number of hydrogen-bond donors (Lipinski definition) is 2. The van der Waals surface area contributed by atoms with Gasteiger partial charge in [-0.1, -0.05) is 26.0 Å². The summed E-state index contributed by atoms with van der Waals surface area (Å²) < 4.78 is 11.7. The Morgan fingerprint density at radius 3 is 2.90 bits per heavy atom. The van der Waals surface area contributed by atoms with E-state index in [0.29, 0.717) is 19.1 Å². The van der Waals surface area contributed by atoms with E-state index in [1.807, 2.05) is 0 Å². The van der Waals surface area contributed by atoms with Crippen LogP contribution in [-0.2, 0) is 11.3 Å². The van der Waals surface area contributed by atoms with Crippen LogP contribution in [0.25, 0.3) is 0 Å². The molecule has 1 aromatic rings. The highest BCUT2D eigenvalue weighted by molar-refractivity contribution is 5.79. The SMILES string of the molecule is CCNC(=NCc1ccc(C)cc1OC1CCOC1)NCC1CCCN(CC(C)C)C1. The van der Waals surface area contributed by atoms with Gasteiger partial charge in [0, 0.05) is 38.2 Å². The van der Waals surface area contributed by atoms with Crippen molar-refractivity contribution < 1.29 is 9.47 Å². The molecule has 6 nitrogen and oxygen atoms in total. The maximum atomic E-state index is 6.24. The minimum Gasteiger partial charge on any atom is -0.488 e. The molecule has 6 heteroatoms. The summed E-state index contributed by atoms with van der Waals surface area (Å²) >= 11 is 0. The molecular formula is C25H42N4O2. The van der Waals surface area contributed by atoms with E-state index in [4.69, 9.17) is 14.5 Å². The minimum absolute atomic E-state index is 0.149. The van der Waals surface area contributed by atoms with Gasteiger partial charge < -0.3 is 25.0 Å². The fourth-order valence-electron chi connectivity index (χ4n) is 4.43. The highest BCUT2D eigenvalue weighted by atomic mass is 16.5. The third kappa shape index (κ3) is 8.00. The third-order valence-corrected chi connectivity index (χ3v) is 5.94. The first-order chi connectivity index (χ1) is 15.0. The number of likely N-dealkylation sites (tertiary alicyclic amines) is 1. The second kappa shape index (κ2) is 12.3. The second-order valence-electron chi connectivity index (χ2n) is 9.45. The van der Waals surface area contributed by atoms with Crippen LogP contribution in [0.4, 0.5) is 0 Å². The number of piperidine rings is 1. The van der Waals surface area contributed by atoms with Gasteiger partial charge in [-0.25, -0.2) is 4.99 Å². The molecule has 1 aromatic carbocycles. The van der Waals surface area contributed by atoms with E-state index in [9.17, 15) is 0 Å². The van der Waals surface area contributed by atoms with E-state index in [1.54, 1.807) is 0 Å². The molecule has 174 valence electrons. The van der Waals surface area contributed by atoms with E-state index in [0.717, 1.165) is 49.3 Å². The molecule has 2 atom stereocenters. The molecule has 0 aliphatic carbocycles. The molecule has 2 aliphatic rings. The van der Waals surface area contributed by atoms with Crippen LogP contribution >= 0.6 is 0 Å². The maximum Gasteiger partial charge on any atom is 0.191 e. The van der Waals surface area contributed by atoms with Crippen LogP contribution in [-0.4, -0.2) is 62.9 Å². The Kier molecular flexibility index (Phi) is 9.47. The fraction of sp³-hybridized carbons (Fsp3) is 0.720. The predicted octanol–water partition coefficient (Wildman–Crippen LogP) is 3.59. The van der Waals surface area contributed by atoms with Crippen LogP contribution in [0.2, 0.25) is 0 Å². The van der Waals surface area contributed by atoms with Gasteiger partial charge in [0.25, 0.3) is 0 Å². The van der Waals surface area contributed by atoms with E-state index < -0.39 is 0 Å². The molecule has 0 saturated carbocycles. The Balaban J connectivity index is 1.58. The first-order valence-electron chi connectivity index (χ1n) is 12.1. The lowest BCUT2D eigenvalue weighted by molar-refractivity contribution is 0.140. The number of ether oxygens (including phenoxy) is 2. The Morgan fingerprint density at radius 1 is 1.29 bits per heavy atom. The number of guanidine groups is 1. The van der Waals surface area contributed by atoms with Gasteiger partial charge in [0.05, 0.1) is 19.8 Å². The number of nitrogens with zero attached hydrogens (tertiary/aromatic N) is 2. The molecule has 0 bridgehead atoms. The van der Waals surface area contributed by atoms with Gasteiger partial charge in [0.1, 0.15) is 11.9 Å². The number of benzene rings is 1. The number of nitrogens with one attached hydrogen (secondary N) is 2. The number of aryl methyl sites for hydroxylation is 1. The van der Waals surface area contributed by atoms with Crippen molar-refractivity contribution in [3.8, 4) is 5.75 Å². The molecule has 2 unspecified atom stereocenters. The van der Waals surface area contributed by atoms with Gasteiger partial charge in [-0.2, -0.15) is 0 Å². The molecule has 2 saturated heterocycles. The Bertz CT molecular complexity index is 701. The van der Waals surface area contributed by atoms with Crippen molar-refractivity contribution in [1.29, 1.82) is 0 Å². The maximum absolute atomic E-state index is 6.24. The van der Waals surface area contributed by atoms with Gasteiger partial charge in [-0.3, -0.25) is 0 Å². The van der Waals surface area contributed by atoms with Gasteiger partial charge in [0.2, 0.25) is 0 Å².